The Morgan fingerprint density at radius 3 is 2.53 bits per heavy atom. The molecule has 2 fully saturated rings. The van der Waals surface area contributed by atoms with Gasteiger partial charge >= 0.3 is 12.1 Å². The lowest BCUT2D eigenvalue weighted by Crippen LogP contribution is -2.49. The lowest BCUT2D eigenvalue weighted by molar-refractivity contribution is -0.145. The number of likely N-dealkylation sites (tertiary alicyclic amines) is 1. The highest BCUT2D eigenvalue weighted by atomic mass is 35.5. The van der Waals surface area contributed by atoms with E-state index >= 15 is 0 Å². The van der Waals surface area contributed by atoms with Gasteiger partial charge in [0.1, 0.15) is 17.2 Å². The van der Waals surface area contributed by atoms with Gasteiger partial charge < -0.3 is 9.47 Å². The van der Waals surface area contributed by atoms with Crippen molar-refractivity contribution in [1.29, 1.82) is 0 Å². The van der Waals surface area contributed by atoms with Crippen LogP contribution in [0.15, 0.2) is 30.3 Å². The average Bonchev–Trinajstić information content (AvgIpc) is 3.72. The number of carbonyl (C=O) groups is 1. The van der Waals surface area contributed by atoms with Crippen molar-refractivity contribution in [3.63, 3.8) is 0 Å². The van der Waals surface area contributed by atoms with Crippen molar-refractivity contribution >= 4 is 17.6 Å². The monoisotopic (exact) mass is 553 g/mol. The fourth-order valence-corrected chi connectivity index (χ4v) is 6.36. The standard InChI is InChI=1S/C29H32ClF4NO3/c1-17(27(36)37-2)25(19-4-5-19)20-6-3-18-7-8-28(38-24(18)14-20)9-11-35(12-10-28)16-21-13-22(29(32,33)34)15-23(30)26(21)31/h3,6,13-15,17,19,25H,4-5,7-12,16H2,1-2H3/t17-,25+/m1/s1. The van der Waals surface area contributed by atoms with Crippen molar-refractivity contribution < 1.29 is 31.8 Å². The zero-order valence-corrected chi connectivity index (χ0v) is 22.3. The van der Waals surface area contributed by atoms with E-state index in [1.54, 1.807) is 0 Å². The maximum Gasteiger partial charge on any atom is 0.416 e. The minimum Gasteiger partial charge on any atom is -0.487 e. The molecule has 9 heteroatoms. The highest BCUT2D eigenvalue weighted by molar-refractivity contribution is 6.30. The molecule has 5 rings (SSSR count). The number of esters is 1. The van der Waals surface area contributed by atoms with Gasteiger partial charge in [0.15, 0.2) is 0 Å². The highest BCUT2D eigenvalue weighted by Gasteiger charge is 2.42. The molecule has 1 saturated heterocycles. The molecular weight excluding hydrogens is 522 g/mol. The third-order valence-corrected chi connectivity index (χ3v) is 8.76. The Labute approximate surface area is 225 Å². The molecule has 4 nitrogen and oxygen atoms in total. The Hall–Kier alpha value is -2.32. The number of hydrogen-bond acceptors (Lipinski definition) is 4. The number of nitrogens with zero attached hydrogens (tertiary/aromatic N) is 1. The van der Waals surface area contributed by atoms with Crippen LogP contribution in [-0.4, -0.2) is 36.7 Å². The maximum atomic E-state index is 14.6. The summed E-state index contributed by atoms with van der Waals surface area (Å²) in [4.78, 5) is 14.3. The van der Waals surface area contributed by atoms with E-state index in [2.05, 4.69) is 18.2 Å². The van der Waals surface area contributed by atoms with Gasteiger partial charge in [-0.1, -0.05) is 30.7 Å². The van der Waals surface area contributed by atoms with E-state index in [0.717, 1.165) is 48.6 Å². The van der Waals surface area contributed by atoms with Crippen molar-refractivity contribution in [2.45, 2.75) is 69.7 Å². The molecule has 1 saturated carbocycles. The van der Waals surface area contributed by atoms with Gasteiger partial charge in [-0.2, -0.15) is 13.2 Å². The number of hydrogen-bond donors (Lipinski definition) is 0. The second-order valence-corrected chi connectivity index (χ2v) is 11.4. The summed E-state index contributed by atoms with van der Waals surface area (Å²) in [5, 5.41) is -0.516. The molecule has 0 aromatic heterocycles. The lowest BCUT2D eigenvalue weighted by atomic mass is 9.80. The van der Waals surface area contributed by atoms with Crippen molar-refractivity contribution in [3.8, 4) is 5.75 Å². The molecular formula is C29H32ClF4NO3. The van der Waals surface area contributed by atoms with Gasteiger partial charge in [-0.15, -0.1) is 0 Å². The Bertz CT molecular complexity index is 1210. The predicted molar refractivity (Wildman–Crippen MR) is 136 cm³/mol. The van der Waals surface area contributed by atoms with Gasteiger partial charge in [0.2, 0.25) is 0 Å². The fraction of sp³-hybridized carbons (Fsp3) is 0.552. The van der Waals surface area contributed by atoms with E-state index in [1.807, 2.05) is 11.8 Å². The fourth-order valence-electron chi connectivity index (χ4n) is 6.12. The van der Waals surface area contributed by atoms with Crippen molar-refractivity contribution in [3.05, 3.63) is 63.4 Å². The largest absolute Gasteiger partial charge is 0.487 e. The summed E-state index contributed by atoms with van der Waals surface area (Å²) in [7, 11) is 1.42. The van der Waals surface area contributed by atoms with E-state index in [-0.39, 0.29) is 35.5 Å². The third kappa shape index (κ3) is 5.53. The molecule has 0 bridgehead atoms. The lowest BCUT2D eigenvalue weighted by Gasteiger charge is -2.45. The van der Waals surface area contributed by atoms with E-state index in [9.17, 15) is 22.4 Å². The molecule has 2 atom stereocenters. The summed E-state index contributed by atoms with van der Waals surface area (Å²) in [6, 6.07) is 7.79. The molecule has 2 aromatic rings. The Morgan fingerprint density at radius 1 is 1.18 bits per heavy atom. The van der Waals surface area contributed by atoms with Gasteiger partial charge in [0, 0.05) is 25.2 Å². The molecule has 2 aliphatic heterocycles. The molecule has 1 spiro atoms. The summed E-state index contributed by atoms with van der Waals surface area (Å²) < 4.78 is 65.8. The number of benzene rings is 2. The second-order valence-electron chi connectivity index (χ2n) is 11.0. The first-order valence-corrected chi connectivity index (χ1v) is 13.5. The maximum absolute atomic E-state index is 14.6. The topological polar surface area (TPSA) is 38.8 Å². The van der Waals surface area contributed by atoms with Gasteiger partial charge in [-0.05, 0) is 79.7 Å². The first-order chi connectivity index (χ1) is 18.0. The van der Waals surface area contributed by atoms with Crippen LogP contribution in [0.1, 0.15) is 67.2 Å². The predicted octanol–water partition coefficient (Wildman–Crippen LogP) is 7.16. The summed E-state index contributed by atoms with van der Waals surface area (Å²) in [6.07, 6.45) is 0.705. The first kappa shape index (κ1) is 27.3. The van der Waals surface area contributed by atoms with Crippen molar-refractivity contribution in [2.75, 3.05) is 20.2 Å². The van der Waals surface area contributed by atoms with Crippen LogP contribution in [0.25, 0.3) is 0 Å². The van der Waals surface area contributed by atoms with E-state index in [4.69, 9.17) is 21.1 Å². The zero-order valence-electron chi connectivity index (χ0n) is 21.5. The number of ether oxygens (including phenoxy) is 2. The molecule has 0 amide bonds. The van der Waals surface area contributed by atoms with Crippen LogP contribution in [0.5, 0.6) is 5.75 Å². The molecule has 0 N–H and O–H groups in total. The molecule has 0 unspecified atom stereocenters. The number of methoxy groups -OCH3 is 1. The molecule has 1 aliphatic carbocycles. The SMILES string of the molecule is COC(=O)[C@H](C)[C@H](c1ccc2c(c1)OC1(CC2)CCN(Cc2cc(C(F)(F)F)cc(Cl)c2F)CC1)C1CC1. The summed E-state index contributed by atoms with van der Waals surface area (Å²) >= 11 is 5.77. The van der Waals surface area contributed by atoms with Crippen molar-refractivity contribution in [2.24, 2.45) is 11.8 Å². The van der Waals surface area contributed by atoms with Crippen LogP contribution >= 0.6 is 11.6 Å². The number of piperidine rings is 1. The van der Waals surface area contributed by atoms with Crippen LogP contribution in [0.2, 0.25) is 5.02 Å². The minimum atomic E-state index is -4.59. The molecule has 2 heterocycles. The normalized spacial score (nSPS) is 20.9. The van der Waals surface area contributed by atoms with Crippen LogP contribution in [-0.2, 0) is 28.7 Å². The molecule has 0 radical (unpaired) electrons. The summed E-state index contributed by atoms with van der Waals surface area (Å²) in [6.45, 7) is 3.13. The molecule has 206 valence electrons. The Morgan fingerprint density at radius 2 is 1.89 bits per heavy atom. The number of aryl methyl sites for hydroxylation is 1. The van der Waals surface area contributed by atoms with Gasteiger partial charge in [0.25, 0.3) is 0 Å². The number of halogens is 5. The van der Waals surface area contributed by atoms with Gasteiger partial charge in [0.05, 0.1) is 23.6 Å². The van der Waals surface area contributed by atoms with Gasteiger partial charge in [-0.3, -0.25) is 9.69 Å². The average molecular weight is 554 g/mol. The van der Waals surface area contributed by atoms with Crippen molar-refractivity contribution in [1.82, 2.24) is 4.90 Å². The quantitative estimate of drug-likeness (QED) is 0.281. The number of rotatable bonds is 6. The minimum absolute atomic E-state index is 0.0498. The number of carbonyl (C=O) groups excluding carboxylic acids is 1. The van der Waals surface area contributed by atoms with E-state index in [0.29, 0.717) is 37.9 Å². The van der Waals surface area contributed by atoms with E-state index < -0.39 is 22.6 Å². The highest BCUT2D eigenvalue weighted by Crippen LogP contribution is 2.49. The molecule has 38 heavy (non-hydrogen) atoms. The van der Waals surface area contributed by atoms with Crippen LogP contribution in [0.3, 0.4) is 0 Å². The van der Waals surface area contributed by atoms with Crippen LogP contribution < -0.4 is 4.74 Å². The van der Waals surface area contributed by atoms with Crippen LogP contribution in [0.4, 0.5) is 17.6 Å². The Balaban J connectivity index is 1.28. The molecule has 2 aromatic carbocycles. The smallest absolute Gasteiger partial charge is 0.416 e. The Kier molecular flexibility index (Phi) is 7.42. The number of fused-ring (bicyclic) bond motifs is 1. The van der Waals surface area contributed by atoms with E-state index in [1.165, 1.54) is 7.11 Å². The first-order valence-electron chi connectivity index (χ1n) is 13.2. The zero-order chi connectivity index (χ0) is 27.2. The van der Waals surface area contributed by atoms with Crippen LogP contribution in [0, 0.1) is 17.7 Å². The number of alkyl halides is 3. The second kappa shape index (κ2) is 10.3. The summed E-state index contributed by atoms with van der Waals surface area (Å²) in [5.41, 5.74) is 0.876. The molecule has 3 aliphatic rings. The summed E-state index contributed by atoms with van der Waals surface area (Å²) in [5.74, 6) is 0.152. The van der Waals surface area contributed by atoms with Gasteiger partial charge in [-0.25, -0.2) is 4.39 Å². The third-order valence-electron chi connectivity index (χ3n) is 8.49.